The van der Waals surface area contributed by atoms with Crippen molar-refractivity contribution in [1.82, 2.24) is 10.3 Å². The largest absolute Gasteiger partial charge is 0.439 e. The van der Waals surface area contributed by atoms with Gasteiger partial charge in [-0.15, -0.1) is 0 Å². The van der Waals surface area contributed by atoms with Crippen molar-refractivity contribution in [2.45, 2.75) is 32.7 Å². The Morgan fingerprint density at radius 1 is 1.36 bits per heavy atom. The first kappa shape index (κ1) is 14.6. The van der Waals surface area contributed by atoms with E-state index in [9.17, 15) is 0 Å². The molecule has 0 saturated heterocycles. The number of hydrogen-bond acceptors (Lipinski definition) is 3. The number of nitrogens with two attached hydrogens (primary N) is 1. The zero-order chi connectivity index (χ0) is 15.4. The van der Waals surface area contributed by atoms with Crippen molar-refractivity contribution in [1.29, 1.82) is 0 Å². The Morgan fingerprint density at radius 2 is 2.14 bits per heavy atom. The summed E-state index contributed by atoms with van der Waals surface area (Å²) in [6.07, 6.45) is 5.65. The van der Waals surface area contributed by atoms with Gasteiger partial charge in [0.2, 0.25) is 5.89 Å². The number of aryl methyl sites for hydroxylation is 1. The van der Waals surface area contributed by atoms with E-state index in [1.807, 2.05) is 12.1 Å². The Bertz CT molecular complexity index is 641. The molecule has 0 amide bonds. The van der Waals surface area contributed by atoms with Crippen LogP contribution in [0.2, 0.25) is 0 Å². The first-order chi connectivity index (χ1) is 10.7. The molecule has 5 heteroatoms. The van der Waals surface area contributed by atoms with Gasteiger partial charge in [0.15, 0.2) is 11.7 Å². The zero-order valence-electron chi connectivity index (χ0n) is 12.9. The van der Waals surface area contributed by atoms with Crippen LogP contribution >= 0.6 is 0 Å². The van der Waals surface area contributed by atoms with E-state index in [0.29, 0.717) is 18.4 Å². The second-order valence-corrected chi connectivity index (χ2v) is 5.86. The van der Waals surface area contributed by atoms with Crippen molar-refractivity contribution in [2.75, 3.05) is 6.54 Å². The summed E-state index contributed by atoms with van der Waals surface area (Å²) in [7, 11) is 0. The van der Waals surface area contributed by atoms with Gasteiger partial charge >= 0.3 is 0 Å². The molecular weight excluding hydrogens is 276 g/mol. The van der Waals surface area contributed by atoms with Crippen molar-refractivity contribution < 1.29 is 4.42 Å². The van der Waals surface area contributed by atoms with Gasteiger partial charge in [0, 0.05) is 12.1 Å². The monoisotopic (exact) mass is 298 g/mol. The molecule has 0 unspecified atom stereocenters. The average Bonchev–Trinajstić information content (AvgIpc) is 2.93. The number of rotatable bonds is 5. The number of oxazole rings is 1. The van der Waals surface area contributed by atoms with Gasteiger partial charge in [-0.3, -0.25) is 0 Å². The molecular formula is C17H22N4O. The number of aliphatic imine (C=N–C) groups is 1. The van der Waals surface area contributed by atoms with E-state index in [1.165, 1.54) is 24.8 Å². The Balaban J connectivity index is 1.55. The van der Waals surface area contributed by atoms with Crippen molar-refractivity contribution in [3.05, 3.63) is 41.9 Å². The third kappa shape index (κ3) is 3.67. The molecule has 0 bridgehead atoms. The Labute approximate surface area is 130 Å². The van der Waals surface area contributed by atoms with Crippen LogP contribution < -0.4 is 11.1 Å². The molecule has 0 aliphatic heterocycles. The first-order valence-electron chi connectivity index (χ1n) is 7.76. The Hall–Kier alpha value is -2.30. The fraction of sp³-hybridized carbons (Fsp3) is 0.412. The van der Waals surface area contributed by atoms with Crippen LogP contribution in [0.15, 0.2) is 39.9 Å². The van der Waals surface area contributed by atoms with E-state index in [1.54, 1.807) is 6.20 Å². The van der Waals surface area contributed by atoms with Crippen molar-refractivity contribution in [2.24, 2.45) is 16.6 Å². The highest BCUT2D eigenvalue weighted by Crippen LogP contribution is 2.25. The highest BCUT2D eigenvalue weighted by molar-refractivity contribution is 5.77. The molecule has 3 N–H and O–H groups in total. The highest BCUT2D eigenvalue weighted by Gasteiger charge is 2.16. The number of benzene rings is 1. The van der Waals surface area contributed by atoms with Gasteiger partial charge < -0.3 is 15.5 Å². The molecule has 0 atom stereocenters. The SMILES string of the molecule is Cc1ccc(-c2cnc(CN=C(N)NCC3CCC3)o2)cc1. The molecule has 1 heterocycles. The minimum atomic E-state index is 0.357. The molecule has 116 valence electrons. The lowest BCUT2D eigenvalue weighted by Crippen LogP contribution is -2.37. The van der Waals surface area contributed by atoms with Crippen molar-refractivity contribution in [3.63, 3.8) is 0 Å². The van der Waals surface area contributed by atoms with Gasteiger partial charge in [-0.1, -0.05) is 36.2 Å². The number of hydrogen-bond donors (Lipinski definition) is 2. The van der Waals surface area contributed by atoms with Crippen LogP contribution in [-0.2, 0) is 6.54 Å². The summed E-state index contributed by atoms with van der Waals surface area (Å²) >= 11 is 0. The molecule has 1 aliphatic rings. The minimum Gasteiger partial charge on any atom is -0.439 e. The van der Waals surface area contributed by atoms with Crippen LogP contribution in [0.5, 0.6) is 0 Å². The molecule has 1 aromatic carbocycles. The third-order valence-corrected chi connectivity index (χ3v) is 4.07. The third-order valence-electron chi connectivity index (χ3n) is 4.07. The van der Waals surface area contributed by atoms with Gasteiger partial charge in [0.25, 0.3) is 0 Å². The maximum atomic E-state index is 5.85. The zero-order valence-corrected chi connectivity index (χ0v) is 12.9. The lowest BCUT2D eigenvalue weighted by Gasteiger charge is -2.25. The maximum absolute atomic E-state index is 5.85. The maximum Gasteiger partial charge on any atom is 0.216 e. The van der Waals surface area contributed by atoms with Gasteiger partial charge in [0.05, 0.1) is 6.20 Å². The second-order valence-electron chi connectivity index (χ2n) is 5.86. The summed E-state index contributed by atoms with van der Waals surface area (Å²) in [5, 5.41) is 3.16. The summed E-state index contributed by atoms with van der Waals surface area (Å²) < 4.78 is 5.72. The summed E-state index contributed by atoms with van der Waals surface area (Å²) in [4.78, 5) is 8.53. The highest BCUT2D eigenvalue weighted by atomic mass is 16.4. The molecule has 3 rings (SSSR count). The van der Waals surface area contributed by atoms with Crippen LogP contribution in [0.1, 0.15) is 30.7 Å². The van der Waals surface area contributed by atoms with E-state index < -0.39 is 0 Å². The van der Waals surface area contributed by atoms with Gasteiger partial charge in [-0.2, -0.15) is 0 Å². The molecule has 1 fully saturated rings. The van der Waals surface area contributed by atoms with E-state index in [0.717, 1.165) is 23.8 Å². The topological polar surface area (TPSA) is 76.4 Å². The van der Waals surface area contributed by atoms with Gasteiger partial charge in [0.1, 0.15) is 6.54 Å². The normalized spacial score (nSPS) is 15.6. The van der Waals surface area contributed by atoms with Crippen LogP contribution in [0.4, 0.5) is 0 Å². The summed E-state index contributed by atoms with van der Waals surface area (Å²) in [5.74, 6) is 2.54. The minimum absolute atomic E-state index is 0.357. The second kappa shape index (κ2) is 6.64. The van der Waals surface area contributed by atoms with E-state index in [-0.39, 0.29) is 0 Å². The summed E-state index contributed by atoms with van der Waals surface area (Å²) in [6, 6.07) is 8.16. The van der Waals surface area contributed by atoms with Gasteiger partial charge in [-0.05, 0) is 25.7 Å². The van der Waals surface area contributed by atoms with Crippen LogP contribution in [0, 0.1) is 12.8 Å². The number of nitrogens with one attached hydrogen (secondary N) is 1. The molecule has 1 aliphatic carbocycles. The standard InChI is InChI=1S/C17H22N4O/c1-12-5-7-14(8-6-12)15-10-19-16(22-15)11-21-17(18)20-9-13-3-2-4-13/h5-8,10,13H,2-4,9,11H2,1H3,(H3,18,20,21). The Kier molecular flexibility index (Phi) is 4.42. The van der Waals surface area contributed by atoms with Crippen molar-refractivity contribution >= 4 is 5.96 Å². The smallest absolute Gasteiger partial charge is 0.216 e. The summed E-state index contributed by atoms with van der Waals surface area (Å²) in [6.45, 7) is 3.33. The lowest BCUT2D eigenvalue weighted by molar-refractivity contribution is 0.315. The Morgan fingerprint density at radius 3 is 2.82 bits per heavy atom. The van der Waals surface area contributed by atoms with E-state index in [2.05, 4.69) is 34.3 Å². The predicted octanol–water partition coefficient (Wildman–Crippen LogP) is 2.85. The predicted molar refractivity (Wildman–Crippen MR) is 87.3 cm³/mol. The fourth-order valence-electron chi connectivity index (χ4n) is 2.39. The quantitative estimate of drug-likeness (QED) is 0.657. The van der Waals surface area contributed by atoms with Crippen molar-refractivity contribution in [3.8, 4) is 11.3 Å². The summed E-state index contributed by atoms with van der Waals surface area (Å²) in [5.41, 5.74) is 8.09. The molecule has 0 spiro atoms. The number of nitrogens with zero attached hydrogens (tertiary/aromatic N) is 2. The molecule has 2 aromatic rings. The fourth-order valence-corrected chi connectivity index (χ4v) is 2.39. The molecule has 1 saturated carbocycles. The van der Waals surface area contributed by atoms with Crippen LogP contribution in [0.25, 0.3) is 11.3 Å². The van der Waals surface area contributed by atoms with Gasteiger partial charge in [-0.25, -0.2) is 9.98 Å². The van der Waals surface area contributed by atoms with E-state index in [4.69, 9.17) is 10.2 Å². The molecule has 0 radical (unpaired) electrons. The first-order valence-corrected chi connectivity index (χ1v) is 7.76. The van der Waals surface area contributed by atoms with E-state index >= 15 is 0 Å². The average molecular weight is 298 g/mol. The number of aromatic nitrogens is 1. The van der Waals surface area contributed by atoms with Crippen LogP contribution in [-0.4, -0.2) is 17.5 Å². The lowest BCUT2D eigenvalue weighted by atomic mass is 9.85. The van der Waals surface area contributed by atoms with Crippen LogP contribution in [0.3, 0.4) is 0 Å². The molecule has 5 nitrogen and oxygen atoms in total. The number of guanidine groups is 1. The molecule has 1 aromatic heterocycles. The molecule has 22 heavy (non-hydrogen) atoms.